The molecule has 5 aromatic rings. The van der Waals surface area contributed by atoms with Gasteiger partial charge in [-0.25, -0.2) is 4.68 Å². The van der Waals surface area contributed by atoms with Crippen molar-refractivity contribution >= 4 is 11.4 Å². The van der Waals surface area contributed by atoms with Gasteiger partial charge in [0.25, 0.3) is 5.91 Å². The van der Waals surface area contributed by atoms with Crippen LogP contribution in [0.5, 0.6) is 0 Å². The third kappa shape index (κ3) is 3.69. The molecular weight excluding hydrogens is 388 g/mol. The van der Waals surface area contributed by atoms with Crippen molar-refractivity contribution in [1.82, 2.24) is 29.0 Å². The molecule has 7 nitrogen and oxygen atoms in total. The smallest absolute Gasteiger partial charge is 0.274 e. The molecule has 152 valence electrons. The summed E-state index contributed by atoms with van der Waals surface area (Å²) in [6.07, 6.45) is 9.18. The average molecular weight is 408 g/mol. The van der Waals surface area contributed by atoms with Gasteiger partial charge < -0.3 is 9.30 Å². The average Bonchev–Trinajstić information content (AvgIpc) is 3.46. The van der Waals surface area contributed by atoms with Gasteiger partial charge in [0, 0.05) is 49.1 Å². The maximum absolute atomic E-state index is 12.8. The normalized spacial score (nSPS) is 11.0. The predicted octanol–water partition coefficient (Wildman–Crippen LogP) is 3.85. The molecular formula is C24H20N6O. The lowest BCUT2D eigenvalue weighted by molar-refractivity contribution is 0.0777. The first-order valence-corrected chi connectivity index (χ1v) is 9.92. The quantitative estimate of drug-likeness (QED) is 0.443. The van der Waals surface area contributed by atoms with Gasteiger partial charge in [-0.1, -0.05) is 18.2 Å². The van der Waals surface area contributed by atoms with Crippen molar-refractivity contribution in [2.24, 2.45) is 0 Å². The highest BCUT2D eigenvalue weighted by molar-refractivity contribution is 5.92. The van der Waals surface area contributed by atoms with Gasteiger partial charge >= 0.3 is 0 Å². The molecule has 0 aliphatic heterocycles. The highest BCUT2D eigenvalue weighted by atomic mass is 16.2. The lowest BCUT2D eigenvalue weighted by Gasteiger charge is -2.15. The Morgan fingerprint density at radius 3 is 2.68 bits per heavy atom. The van der Waals surface area contributed by atoms with Crippen LogP contribution < -0.4 is 0 Å². The van der Waals surface area contributed by atoms with Crippen molar-refractivity contribution < 1.29 is 4.79 Å². The van der Waals surface area contributed by atoms with Crippen LogP contribution in [0.3, 0.4) is 0 Å². The van der Waals surface area contributed by atoms with E-state index in [9.17, 15) is 4.79 Å². The van der Waals surface area contributed by atoms with E-state index in [-0.39, 0.29) is 5.91 Å². The van der Waals surface area contributed by atoms with Crippen molar-refractivity contribution in [2.75, 3.05) is 7.05 Å². The third-order valence-electron chi connectivity index (χ3n) is 5.14. The molecule has 0 radical (unpaired) electrons. The summed E-state index contributed by atoms with van der Waals surface area (Å²) in [7, 11) is 1.75. The molecule has 0 aliphatic carbocycles. The van der Waals surface area contributed by atoms with Crippen LogP contribution in [-0.4, -0.2) is 42.0 Å². The minimum Gasteiger partial charge on any atom is -0.334 e. The van der Waals surface area contributed by atoms with E-state index in [1.807, 2.05) is 48.7 Å². The van der Waals surface area contributed by atoms with Gasteiger partial charge in [0.1, 0.15) is 5.82 Å². The Balaban J connectivity index is 1.43. The summed E-state index contributed by atoms with van der Waals surface area (Å²) in [6, 6.07) is 19.5. The summed E-state index contributed by atoms with van der Waals surface area (Å²) >= 11 is 0. The number of carbonyl (C=O) groups is 1. The van der Waals surface area contributed by atoms with Crippen LogP contribution in [0.1, 0.15) is 16.2 Å². The van der Waals surface area contributed by atoms with Crippen molar-refractivity contribution in [3.8, 4) is 16.9 Å². The molecule has 5 heterocycles. The lowest BCUT2D eigenvalue weighted by atomic mass is 10.1. The minimum absolute atomic E-state index is 0.152. The molecule has 0 unspecified atom stereocenters. The first-order chi connectivity index (χ1) is 15.2. The Morgan fingerprint density at radius 1 is 0.968 bits per heavy atom. The number of rotatable bonds is 5. The van der Waals surface area contributed by atoms with E-state index in [2.05, 4.69) is 37.8 Å². The van der Waals surface area contributed by atoms with E-state index in [0.717, 1.165) is 28.2 Å². The molecule has 0 spiro atoms. The number of fused-ring (bicyclic) bond motifs is 1. The topological polar surface area (TPSA) is 68.3 Å². The number of pyridine rings is 3. The zero-order valence-electron chi connectivity index (χ0n) is 17.0. The first-order valence-electron chi connectivity index (χ1n) is 9.92. The third-order valence-corrected chi connectivity index (χ3v) is 5.14. The molecule has 1 amide bonds. The SMILES string of the molecule is CN(Cc1ccccn1)C(=O)c1ccn(-c2ccc3ccc(-c4cccnc4)cn23)n1. The summed E-state index contributed by atoms with van der Waals surface area (Å²) in [5.41, 5.74) is 4.35. The monoisotopic (exact) mass is 408 g/mol. The Hall–Kier alpha value is -4.26. The molecule has 0 saturated heterocycles. The summed E-state index contributed by atoms with van der Waals surface area (Å²) in [5.74, 6) is 0.702. The standard InChI is InChI=1S/C24H20N6O/c1-28(17-20-6-2-3-13-26-20)24(31)22-11-14-30(27-22)23-10-9-21-8-7-19(16-29(21)23)18-5-4-12-25-15-18/h2-16H,17H2,1H3. The van der Waals surface area contributed by atoms with Crippen molar-refractivity contribution in [2.45, 2.75) is 6.54 Å². The van der Waals surface area contributed by atoms with E-state index in [0.29, 0.717) is 12.2 Å². The van der Waals surface area contributed by atoms with Gasteiger partial charge in [-0.3, -0.25) is 14.8 Å². The molecule has 5 rings (SSSR count). The van der Waals surface area contributed by atoms with Gasteiger partial charge in [-0.2, -0.15) is 5.10 Å². The van der Waals surface area contributed by atoms with Crippen LogP contribution in [0.2, 0.25) is 0 Å². The summed E-state index contributed by atoms with van der Waals surface area (Å²) in [6.45, 7) is 0.426. The Kier molecular flexibility index (Phi) is 4.76. The maximum Gasteiger partial charge on any atom is 0.274 e. The Morgan fingerprint density at radius 2 is 1.87 bits per heavy atom. The second-order valence-electron chi connectivity index (χ2n) is 7.27. The lowest BCUT2D eigenvalue weighted by Crippen LogP contribution is -2.27. The van der Waals surface area contributed by atoms with Gasteiger partial charge in [0.15, 0.2) is 5.69 Å². The highest BCUT2D eigenvalue weighted by Crippen LogP contribution is 2.22. The predicted molar refractivity (Wildman–Crippen MR) is 118 cm³/mol. The molecule has 0 saturated carbocycles. The maximum atomic E-state index is 12.8. The summed E-state index contributed by atoms with van der Waals surface area (Å²) < 4.78 is 3.78. The van der Waals surface area contributed by atoms with Crippen molar-refractivity contribution in [3.05, 3.63) is 103 Å². The zero-order valence-corrected chi connectivity index (χ0v) is 17.0. The number of hydrogen-bond acceptors (Lipinski definition) is 4. The van der Waals surface area contributed by atoms with Gasteiger partial charge in [-0.15, -0.1) is 0 Å². The molecule has 0 fully saturated rings. The number of hydrogen-bond donors (Lipinski definition) is 0. The minimum atomic E-state index is -0.152. The summed E-state index contributed by atoms with van der Waals surface area (Å²) in [5, 5.41) is 4.54. The van der Waals surface area contributed by atoms with E-state index >= 15 is 0 Å². The van der Waals surface area contributed by atoms with Gasteiger partial charge in [0.2, 0.25) is 0 Å². The second-order valence-corrected chi connectivity index (χ2v) is 7.27. The first kappa shape index (κ1) is 18.7. The van der Waals surface area contributed by atoms with Crippen LogP contribution in [-0.2, 0) is 6.54 Å². The molecule has 0 N–H and O–H groups in total. The van der Waals surface area contributed by atoms with Crippen LogP contribution in [0, 0.1) is 0 Å². The zero-order chi connectivity index (χ0) is 21.2. The number of carbonyl (C=O) groups excluding carboxylic acids is 1. The number of aromatic nitrogens is 5. The summed E-state index contributed by atoms with van der Waals surface area (Å²) in [4.78, 5) is 22.9. The number of nitrogens with zero attached hydrogens (tertiary/aromatic N) is 6. The second kappa shape index (κ2) is 7.87. The molecule has 7 heteroatoms. The Bertz CT molecular complexity index is 1340. The fourth-order valence-electron chi connectivity index (χ4n) is 3.55. The Labute approximate surface area is 179 Å². The fraction of sp³-hybridized carbons (Fsp3) is 0.0833. The molecule has 0 bridgehead atoms. The van der Waals surface area contributed by atoms with E-state index in [1.54, 1.807) is 41.3 Å². The van der Waals surface area contributed by atoms with Crippen molar-refractivity contribution in [3.63, 3.8) is 0 Å². The van der Waals surface area contributed by atoms with E-state index < -0.39 is 0 Å². The van der Waals surface area contributed by atoms with Gasteiger partial charge in [-0.05, 0) is 48.0 Å². The molecule has 0 aliphatic rings. The molecule has 0 aromatic carbocycles. The van der Waals surface area contributed by atoms with Crippen molar-refractivity contribution in [1.29, 1.82) is 0 Å². The van der Waals surface area contributed by atoms with Gasteiger partial charge in [0.05, 0.1) is 12.2 Å². The van der Waals surface area contributed by atoms with E-state index in [1.165, 1.54) is 0 Å². The fourth-order valence-corrected chi connectivity index (χ4v) is 3.55. The highest BCUT2D eigenvalue weighted by Gasteiger charge is 2.17. The number of amides is 1. The van der Waals surface area contributed by atoms with Crippen LogP contribution in [0.25, 0.3) is 22.5 Å². The molecule has 5 aromatic heterocycles. The largest absolute Gasteiger partial charge is 0.334 e. The molecule has 31 heavy (non-hydrogen) atoms. The molecule has 0 atom stereocenters. The van der Waals surface area contributed by atoms with E-state index in [4.69, 9.17) is 0 Å². The van der Waals surface area contributed by atoms with Crippen LogP contribution in [0.15, 0.2) is 91.6 Å². The van der Waals surface area contributed by atoms with Crippen LogP contribution >= 0.6 is 0 Å². The van der Waals surface area contributed by atoms with Crippen LogP contribution in [0.4, 0.5) is 0 Å².